The molecule has 0 aromatic heterocycles. The van der Waals surface area contributed by atoms with Crippen molar-refractivity contribution in [1.82, 2.24) is 0 Å². The van der Waals surface area contributed by atoms with Gasteiger partial charge < -0.3 is 0 Å². The molecule has 0 aliphatic heterocycles. The van der Waals surface area contributed by atoms with Crippen LogP contribution in [0.25, 0.3) is 11.1 Å². The maximum Gasteiger partial charge on any atom is 0.123 e. The Hall–Kier alpha value is -1.63. The topological polar surface area (TPSA) is 0 Å². The van der Waals surface area contributed by atoms with Crippen molar-refractivity contribution in [2.75, 3.05) is 0 Å². The predicted molar refractivity (Wildman–Crippen MR) is 60.1 cm³/mol. The molecule has 0 amide bonds. The van der Waals surface area contributed by atoms with Gasteiger partial charge in [0.1, 0.15) is 5.82 Å². The van der Waals surface area contributed by atoms with Crippen LogP contribution in [0.5, 0.6) is 0 Å². The fourth-order valence-electron chi connectivity index (χ4n) is 1.52. The number of hydrogen-bond donors (Lipinski definition) is 0. The summed E-state index contributed by atoms with van der Waals surface area (Å²) in [6, 6.07) is 15.7. The number of aryl methyl sites for hydroxylation is 1. The van der Waals surface area contributed by atoms with E-state index < -0.39 is 0 Å². The largest absolute Gasteiger partial charge is 0.207 e. The Kier molecular flexibility index (Phi) is 2.82. The molecule has 0 nitrogen and oxygen atoms in total. The monoisotopic (exact) mass is 199 g/mol. The van der Waals surface area contributed by atoms with Crippen LogP contribution in [0.1, 0.15) is 12.5 Å². The first-order valence-electron chi connectivity index (χ1n) is 5.06. The highest BCUT2D eigenvalue weighted by molar-refractivity contribution is 5.63. The third-order valence-electron chi connectivity index (χ3n) is 2.42. The first-order chi connectivity index (χ1) is 7.29. The molecule has 0 heterocycles. The molecule has 0 aliphatic carbocycles. The van der Waals surface area contributed by atoms with Gasteiger partial charge in [0.2, 0.25) is 0 Å². The average Bonchev–Trinajstić information content (AvgIpc) is 2.29. The Morgan fingerprint density at radius 2 is 2.00 bits per heavy atom. The van der Waals surface area contributed by atoms with Gasteiger partial charge in [-0.2, -0.15) is 0 Å². The molecule has 0 spiro atoms. The molecule has 1 heteroatoms. The molecular weight excluding hydrogens is 187 g/mol. The highest BCUT2D eigenvalue weighted by Gasteiger charge is 1.98. The molecule has 2 aromatic carbocycles. The van der Waals surface area contributed by atoms with Crippen LogP contribution in [-0.4, -0.2) is 0 Å². The summed E-state index contributed by atoms with van der Waals surface area (Å²) in [5.41, 5.74) is 3.08. The molecule has 2 aromatic rings. The lowest BCUT2D eigenvalue weighted by Crippen LogP contribution is -1.83. The number of benzene rings is 2. The van der Waals surface area contributed by atoms with Gasteiger partial charge in [-0.25, -0.2) is 4.39 Å². The lowest BCUT2D eigenvalue weighted by Gasteiger charge is -2.02. The smallest absolute Gasteiger partial charge is 0.123 e. The van der Waals surface area contributed by atoms with Crippen LogP contribution in [0.2, 0.25) is 0 Å². The maximum absolute atomic E-state index is 13.0. The van der Waals surface area contributed by atoms with Crippen molar-refractivity contribution in [3.05, 3.63) is 59.9 Å². The molecule has 0 unspecified atom stereocenters. The van der Waals surface area contributed by atoms with Gasteiger partial charge >= 0.3 is 0 Å². The van der Waals surface area contributed by atoms with Gasteiger partial charge in [-0.3, -0.25) is 0 Å². The van der Waals surface area contributed by atoms with Crippen LogP contribution in [-0.2, 0) is 6.42 Å². The van der Waals surface area contributed by atoms with Crippen molar-refractivity contribution >= 4 is 0 Å². The maximum atomic E-state index is 13.0. The molecule has 1 radical (unpaired) electrons. The third kappa shape index (κ3) is 2.24. The molecular formula is C14H12F. The number of halogens is 1. The Labute approximate surface area is 89.4 Å². The normalized spacial score (nSPS) is 10.3. The Morgan fingerprint density at radius 3 is 2.60 bits per heavy atom. The van der Waals surface area contributed by atoms with Gasteiger partial charge in [-0.15, -0.1) is 0 Å². The molecule has 15 heavy (non-hydrogen) atoms. The van der Waals surface area contributed by atoms with Gasteiger partial charge in [0, 0.05) is 0 Å². The van der Waals surface area contributed by atoms with Gasteiger partial charge in [-0.1, -0.05) is 31.2 Å². The summed E-state index contributed by atoms with van der Waals surface area (Å²) < 4.78 is 13.0. The van der Waals surface area contributed by atoms with Crippen LogP contribution in [0, 0.1) is 11.9 Å². The molecule has 75 valence electrons. The standard InChI is InChI=1S/C14H12F/c1-2-11-6-8-12(9-7-11)13-4-3-5-14(15)10-13/h3-6,8-10H,2H2,1H3. The minimum atomic E-state index is -0.202. The number of hydrogen-bond acceptors (Lipinski definition) is 0. The molecule has 0 bridgehead atoms. The molecule has 2 rings (SSSR count). The van der Waals surface area contributed by atoms with Crippen molar-refractivity contribution in [3.63, 3.8) is 0 Å². The quantitative estimate of drug-likeness (QED) is 0.689. The van der Waals surface area contributed by atoms with E-state index in [0.717, 1.165) is 17.5 Å². The molecule has 0 N–H and O–H groups in total. The van der Waals surface area contributed by atoms with Crippen molar-refractivity contribution in [2.24, 2.45) is 0 Å². The van der Waals surface area contributed by atoms with E-state index in [1.54, 1.807) is 6.07 Å². The fraction of sp³-hybridized carbons (Fsp3) is 0.143. The highest BCUT2D eigenvalue weighted by atomic mass is 19.1. The van der Waals surface area contributed by atoms with E-state index in [1.165, 1.54) is 17.7 Å². The first-order valence-corrected chi connectivity index (χ1v) is 5.06. The lowest BCUT2D eigenvalue weighted by atomic mass is 10.0. The van der Waals surface area contributed by atoms with Gasteiger partial charge in [-0.05, 0) is 47.4 Å². The summed E-state index contributed by atoms with van der Waals surface area (Å²) >= 11 is 0. The summed E-state index contributed by atoms with van der Waals surface area (Å²) in [4.78, 5) is 0. The van der Waals surface area contributed by atoms with Crippen LogP contribution >= 0.6 is 0 Å². The second-order valence-electron chi connectivity index (χ2n) is 3.47. The van der Waals surface area contributed by atoms with E-state index >= 15 is 0 Å². The molecule has 0 saturated carbocycles. The van der Waals surface area contributed by atoms with E-state index in [1.807, 2.05) is 24.3 Å². The fourth-order valence-corrected chi connectivity index (χ4v) is 1.52. The van der Waals surface area contributed by atoms with Crippen molar-refractivity contribution in [1.29, 1.82) is 0 Å². The van der Waals surface area contributed by atoms with E-state index in [0.29, 0.717) is 0 Å². The van der Waals surface area contributed by atoms with E-state index in [9.17, 15) is 4.39 Å². The third-order valence-corrected chi connectivity index (χ3v) is 2.42. The van der Waals surface area contributed by atoms with Crippen molar-refractivity contribution in [2.45, 2.75) is 13.3 Å². The summed E-state index contributed by atoms with van der Waals surface area (Å²) in [5.74, 6) is -0.202. The average molecular weight is 199 g/mol. The zero-order chi connectivity index (χ0) is 10.7. The van der Waals surface area contributed by atoms with Gasteiger partial charge in [0.05, 0.1) is 0 Å². The Balaban J connectivity index is 2.37. The second-order valence-corrected chi connectivity index (χ2v) is 3.47. The van der Waals surface area contributed by atoms with Crippen LogP contribution in [0.15, 0.2) is 42.5 Å². The molecule has 0 aliphatic rings. The van der Waals surface area contributed by atoms with Crippen LogP contribution in [0.3, 0.4) is 0 Å². The van der Waals surface area contributed by atoms with Crippen LogP contribution in [0.4, 0.5) is 4.39 Å². The summed E-state index contributed by atoms with van der Waals surface area (Å²) in [5, 5.41) is 0. The lowest BCUT2D eigenvalue weighted by molar-refractivity contribution is 0.628. The predicted octanol–water partition coefficient (Wildman–Crippen LogP) is 3.86. The summed E-state index contributed by atoms with van der Waals surface area (Å²) in [6.07, 6.45) is 0.976. The first kappa shape index (κ1) is 9.91. The Morgan fingerprint density at radius 1 is 1.13 bits per heavy atom. The second kappa shape index (κ2) is 4.26. The molecule has 0 atom stereocenters. The molecule has 0 saturated heterocycles. The molecule has 0 fully saturated rings. The minimum Gasteiger partial charge on any atom is -0.207 e. The van der Waals surface area contributed by atoms with Gasteiger partial charge in [0.25, 0.3) is 0 Å². The van der Waals surface area contributed by atoms with E-state index in [4.69, 9.17) is 0 Å². The van der Waals surface area contributed by atoms with E-state index in [2.05, 4.69) is 13.0 Å². The van der Waals surface area contributed by atoms with Crippen LogP contribution < -0.4 is 0 Å². The minimum absolute atomic E-state index is 0.202. The SMILES string of the molecule is CCc1[c]cc(-c2cccc(F)c2)cc1. The van der Waals surface area contributed by atoms with E-state index in [-0.39, 0.29) is 5.82 Å². The van der Waals surface area contributed by atoms with Crippen molar-refractivity contribution < 1.29 is 4.39 Å². The Bertz CT molecular complexity index is 443. The highest BCUT2D eigenvalue weighted by Crippen LogP contribution is 2.20. The number of rotatable bonds is 2. The zero-order valence-corrected chi connectivity index (χ0v) is 8.63. The summed E-state index contributed by atoms with van der Waals surface area (Å²) in [7, 11) is 0. The van der Waals surface area contributed by atoms with Gasteiger partial charge in [0.15, 0.2) is 0 Å². The summed E-state index contributed by atoms with van der Waals surface area (Å²) in [6.45, 7) is 2.09. The van der Waals surface area contributed by atoms with Crippen molar-refractivity contribution in [3.8, 4) is 11.1 Å². The zero-order valence-electron chi connectivity index (χ0n) is 8.63.